The van der Waals surface area contributed by atoms with Crippen molar-refractivity contribution in [3.63, 3.8) is 0 Å². The minimum absolute atomic E-state index is 0.247. The number of aromatic nitrogens is 5. The Morgan fingerprint density at radius 1 is 1.56 bits per heavy atom. The minimum atomic E-state index is 0.247. The van der Waals surface area contributed by atoms with Gasteiger partial charge in [0, 0.05) is 12.7 Å². The Morgan fingerprint density at radius 2 is 2.39 bits per heavy atom. The van der Waals surface area contributed by atoms with Crippen LogP contribution in [0.2, 0.25) is 0 Å². The first-order chi connectivity index (χ1) is 8.70. The molecular weight excluding hydrogens is 250 g/mol. The lowest BCUT2D eigenvalue weighted by atomic mass is 10.4. The van der Waals surface area contributed by atoms with Crippen LogP contribution in [0.25, 0.3) is 0 Å². The Kier molecular flexibility index (Phi) is 3.78. The third-order valence-electron chi connectivity index (χ3n) is 2.35. The molecule has 0 saturated carbocycles. The number of hydrogen-bond acceptors (Lipinski definition) is 6. The van der Waals surface area contributed by atoms with Crippen LogP contribution in [0.4, 0.5) is 5.95 Å². The summed E-state index contributed by atoms with van der Waals surface area (Å²) in [5, 5.41) is 10.9. The van der Waals surface area contributed by atoms with Crippen molar-refractivity contribution in [1.82, 2.24) is 24.7 Å². The predicted octanol–water partition coefficient (Wildman–Crippen LogP) is 0.334. The summed E-state index contributed by atoms with van der Waals surface area (Å²) in [6.45, 7) is 3.34. The minimum Gasteiger partial charge on any atom is -0.388 e. The number of nitrogens with two attached hydrogens (primary N) is 1. The fraction of sp³-hybridized carbons (Fsp3) is 0.300. The third-order valence-corrected chi connectivity index (χ3v) is 2.56. The molecule has 0 aromatic carbocycles. The molecule has 0 aliphatic rings. The average molecular weight is 263 g/mol. The first-order valence-corrected chi connectivity index (χ1v) is 5.85. The van der Waals surface area contributed by atoms with Crippen LogP contribution in [-0.2, 0) is 13.1 Å². The summed E-state index contributed by atoms with van der Waals surface area (Å²) in [6, 6.07) is 1.67. The van der Waals surface area contributed by atoms with Crippen LogP contribution < -0.4 is 11.1 Å². The van der Waals surface area contributed by atoms with Gasteiger partial charge in [0.2, 0.25) is 5.95 Å². The van der Waals surface area contributed by atoms with Crippen molar-refractivity contribution in [1.29, 1.82) is 0 Å². The van der Waals surface area contributed by atoms with Crippen LogP contribution in [-0.4, -0.2) is 29.7 Å². The van der Waals surface area contributed by atoms with Gasteiger partial charge in [-0.05, 0) is 13.0 Å². The maximum atomic E-state index is 5.51. The molecule has 3 N–H and O–H groups in total. The normalized spacial score (nSPS) is 10.3. The highest BCUT2D eigenvalue weighted by molar-refractivity contribution is 7.80. The van der Waals surface area contributed by atoms with Crippen molar-refractivity contribution in [2.75, 3.05) is 5.32 Å². The van der Waals surface area contributed by atoms with E-state index in [9.17, 15) is 0 Å². The number of thiocarbonyl (C=S) groups is 1. The number of nitrogens with one attached hydrogen (secondary N) is 1. The standard InChI is InChI=1S/C10H13N7S/c1-2-17-6-14-16-8(17)5-13-10-12-4-3-7(15-10)9(11)18/h3-4,6H,2,5H2,1H3,(H2,11,18)(H,12,13,15). The summed E-state index contributed by atoms with van der Waals surface area (Å²) in [7, 11) is 0. The molecule has 0 fully saturated rings. The molecule has 0 atom stereocenters. The lowest BCUT2D eigenvalue weighted by molar-refractivity contribution is 0.706. The number of nitrogens with zero attached hydrogens (tertiary/aromatic N) is 5. The van der Waals surface area contributed by atoms with Gasteiger partial charge >= 0.3 is 0 Å². The molecule has 0 aliphatic carbocycles. The maximum absolute atomic E-state index is 5.51. The molecular formula is C10H13N7S. The third kappa shape index (κ3) is 2.77. The fourth-order valence-electron chi connectivity index (χ4n) is 1.42. The largest absolute Gasteiger partial charge is 0.388 e. The van der Waals surface area contributed by atoms with E-state index < -0.39 is 0 Å². The van der Waals surface area contributed by atoms with E-state index in [0.717, 1.165) is 12.4 Å². The zero-order chi connectivity index (χ0) is 13.0. The lowest BCUT2D eigenvalue weighted by Crippen LogP contribution is -2.14. The van der Waals surface area contributed by atoms with Crippen LogP contribution in [0.3, 0.4) is 0 Å². The highest BCUT2D eigenvalue weighted by Crippen LogP contribution is 2.03. The van der Waals surface area contributed by atoms with Gasteiger partial charge in [0.05, 0.1) is 6.54 Å². The number of aryl methyl sites for hydroxylation is 1. The highest BCUT2D eigenvalue weighted by Gasteiger charge is 2.05. The molecule has 0 unspecified atom stereocenters. The van der Waals surface area contributed by atoms with Crippen molar-refractivity contribution in [3.05, 3.63) is 30.1 Å². The summed E-state index contributed by atoms with van der Waals surface area (Å²) in [6.07, 6.45) is 3.29. The Hall–Kier alpha value is -2.09. The molecule has 0 amide bonds. The van der Waals surface area contributed by atoms with Crippen molar-refractivity contribution in [3.8, 4) is 0 Å². The second-order valence-corrected chi connectivity index (χ2v) is 3.96. The molecule has 18 heavy (non-hydrogen) atoms. The molecule has 2 rings (SSSR count). The van der Waals surface area contributed by atoms with E-state index in [1.54, 1.807) is 18.6 Å². The zero-order valence-corrected chi connectivity index (χ0v) is 10.7. The fourth-order valence-corrected chi connectivity index (χ4v) is 1.53. The second-order valence-electron chi connectivity index (χ2n) is 3.52. The quantitative estimate of drug-likeness (QED) is 0.751. The van der Waals surface area contributed by atoms with Crippen LogP contribution in [0.5, 0.6) is 0 Å². The van der Waals surface area contributed by atoms with E-state index in [0.29, 0.717) is 18.2 Å². The second kappa shape index (κ2) is 5.50. The summed E-state index contributed by atoms with van der Waals surface area (Å²) in [5.41, 5.74) is 6.05. The summed E-state index contributed by atoms with van der Waals surface area (Å²) in [4.78, 5) is 8.51. The molecule has 0 aliphatic heterocycles. The zero-order valence-electron chi connectivity index (χ0n) is 9.87. The molecule has 2 aromatic heterocycles. The van der Waals surface area contributed by atoms with Gasteiger partial charge in [-0.2, -0.15) is 0 Å². The van der Waals surface area contributed by atoms with Crippen LogP contribution in [0, 0.1) is 0 Å². The Bertz CT molecular complexity index is 551. The summed E-state index contributed by atoms with van der Waals surface area (Å²) >= 11 is 4.86. The topological polar surface area (TPSA) is 94.5 Å². The number of rotatable bonds is 5. The van der Waals surface area contributed by atoms with Crippen molar-refractivity contribution in [2.24, 2.45) is 5.73 Å². The van der Waals surface area contributed by atoms with Crippen LogP contribution in [0.1, 0.15) is 18.4 Å². The molecule has 0 radical (unpaired) electrons. The maximum Gasteiger partial charge on any atom is 0.223 e. The Balaban J connectivity index is 2.06. The van der Waals surface area contributed by atoms with Crippen LogP contribution in [0.15, 0.2) is 18.6 Å². The smallest absolute Gasteiger partial charge is 0.223 e. The van der Waals surface area contributed by atoms with Gasteiger partial charge in [0.1, 0.15) is 17.0 Å². The van der Waals surface area contributed by atoms with E-state index in [2.05, 4.69) is 25.5 Å². The number of anilines is 1. The summed E-state index contributed by atoms with van der Waals surface area (Å²) in [5.74, 6) is 1.28. The lowest BCUT2D eigenvalue weighted by Gasteiger charge is -2.06. The highest BCUT2D eigenvalue weighted by atomic mass is 32.1. The monoisotopic (exact) mass is 263 g/mol. The van der Waals surface area contributed by atoms with Gasteiger partial charge in [-0.25, -0.2) is 9.97 Å². The van der Waals surface area contributed by atoms with Crippen molar-refractivity contribution < 1.29 is 0 Å². The van der Waals surface area contributed by atoms with E-state index in [-0.39, 0.29) is 4.99 Å². The first-order valence-electron chi connectivity index (χ1n) is 5.44. The first kappa shape index (κ1) is 12.4. The predicted molar refractivity (Wildman–Crippen MR) is 70.9 cm³/mol. The van der Waals surface area contributed by atoms with Gasteiger partial charge in [-0.3, -0.25) is 0 Å². The molecule has 2 heterocycles. The van der Waals surface area contributed by atoms with Gasteiger partial charge in [0.15, 0.2) is 5.82 Å². The molecule has 0 bridgehead atoms. The van der Waals surface area contributed by atoms with E-state index in [1.807, 2.05) is 11.5 Å². The van der Waals surface area contributed by atoms with Crippen LogP contribution >= 0.6 is 12.2 Å². The van der Waals surface area contributed by atoms with E-state index in [4.69, 9.17) is 18.0 Å². The van der Waals surface area contributed by atoms with E-state index >= 15 is 0 Å². The molecule has 0 spiro atoms. The summed E-state index contributed by atoms with van der Waals surface area (Å²) < 4.78 is 1.93. The molecule has 2 aromatic rings. The molecule has 8 heteroatoms. The van der Waals surface area contributed by atoms with E-state index in [1.165, 1.54) is 0 Å². The average Bonchev–Trinajstić information content (AvgIpc) is 2.84. The SMILES string of the molecule is CCn1cnnc1CNc1nccc(C(N)=S)n1. The van der Waals surface area contributed by atoms with Gasteiger partial charge in [0.25, 0.3) is 0 Å². The number of hydrogen-bond donors (Lipinski definition) is 2. The Morgan fingerprint density at radius 3 is 3.11 bits per heavy atom. The molecule has 94 valence electrons. The Labute approximate surface area is 109 Å². The van der Waals surface area contributed by atoms with Crippen molar-refractivity contribution in [2.45, 2.75) is 20.0 Å². The molecule has 7 nitrogen and oxygen atoms in total. The van der Waals surface area contributed by atoms with Crippen molar-refractivity contribution >= 4 is 23.2 Å². The van der Waals surface area contributed by atoms with Gasteiger partial charge < -0.3 is 15.6 Å². The molecule has 0 saturated heterocycles. The van der Waals surface area contributed by atoms with Gasteiger partial charge in [-0.15, -0.1) is 10.2 Å². The van der Waals surface area contributed by atoms with Gasteiger partial charge in [-0.1, -0.05) is 12.2 Å².